The molecule has 178 valence electrons. The van der Waals surface area contributed by atoms with Crippen LogP contribution in [0.2, 0.25) is 0 Å². The molecule has 0 saturated carbocycles. The van der Waals surface area contributed by atoms with Gasteiger partial charge < -0.3 is 19.9 Å². The summed E-state index contributed by atoms with van der Waals surface area (Å²) in [5, 5.41) is 3.71. The predicted octanol–water partition coefficient (Wildman–Crippen LogP) is 0.932. The molecule has 4 aliphatic rings. The average molecular weight is 464 g/mol. The zero-order chi connectivity index (χ0) is 23.0. The number of pyridine rings is 2. The van der Waals surface area contributed by atoms with Gasteiger partial charge in [-0.05, 0) is 23.6 Å². The number of morpholine rings is 1. The lowest BCUT2D eigenvalue weighted by Crippen LogP contribution is -2.59. The second kappa shape index (κ2) is 9.03. The molecule has 6 rings (SSSR count). The highest BCUT2D eigenvalue weighted by atomic mass is 16.5. The minimum atomic E-state index is -0.696. The molecule has 2 atom stereocenters. The predicted molar refractivity (Wildman–Crippen MR) is 127 cm³/mol. The Morgan fingerprint density at radius 1 is 1.18 bits per heavy atom. The number of hydrogen-bond donors (Lipinski definition) is 2. The molecular weight excluding hydrogens is 434 g/mol. The van der Waals surface area contributed by atoms with E-state index in [1.165, 1.54) is 0 Å². The quantitative estimate of drug-likeness (QED) is 0.649. The van der Waals surface area contributed by atoms with Crippen LogP contribution in [0, 0.1) is 0 Å². The molecule has 10 heteroatoms. The van der Waals surface area contributed by atoms with Crippen LogP contribution in [0.5, 0.6) is 5.88 Å². The molecule has 0 aliphatic carbocycles. The molecule has 4 aliphatic heterocycles. The van der Waals surface area contributed by atoms with E-state index in [1.54, 1.807) is 12.5 Å². The first-order valence-corrected chi connectivity index (χ1v) is 11.8. The molecule has 1 saturated heterocycles. The van der Waals surface area contributed by atoms with E-state index in [9.17, 15) is 0 Å². The van der Waals surface area contributed by atoms with Crippen molar-refractivity contribution in [2.24, 2.45) is 9.98 Å². The van der Waals surface area contributed by atoms with Crippen LogP contribution in [0.3, 0.4) is 0 Å². The van der Waals surface area contributed by atoms with Crippen LogP contribution in [0.15, 0.2) is 34.5 Å². The maximum atomic E-state index is 6.50. The van der Waals surface area contributed by atoms with E-state index in [4.69, 9.17) is 29.9 Å². The lowest BCUT2D eigenvalue weighted by atomic mass is 9.88. The van der Waals surface area contributed by atoms with E-state index in [-0.39, 0.29) is 0 Å². The molecule has 0 bridgehead atoms. The Hall–Kier alpha value is -2.92. The third-order valence-electron chi connectivity index (χ3n) is 7.04. The molecule has 10 nitrogen and oxygen atoms in total. The molecule has 1 fully saturated rings. The van der Waals surface area contributed by atoms with Gasteiger partial charge in [-0.25, -0.2) is 9.98 Å². The summed E-state index contributed by atoms with van der Waals surface area (Å²) in [4.78, 5) is 20.9. The van der Waals surface area contributed by atoms with Crippen molar-refractivity contribution in [3.05, 3.63) is 46.8 Å². The number of nitrogens with one attached hydrogen (secondary N) is 1. The van der Waals surface area contributed by atoms with E-state index in [1.807, 2.05) is 12.3 Å². The number of anilines is 1. The highest BCUT2D eigenvalue weighted by Crippen LogP contribution is 2.41. The van der Waals surface area contributed by atoms with Crippen LogP contribution in [0.4, 0.5) is 5.82 Å². The van der Waals surface area contributed by atoms with Gasteiger partial charge in [0.25, 0.3) is 0 Å². The number of fused-ring (bicyclic) bond motifs is 5. The number of nitrogens with two attached hydrogens (primary N) is 1. The lowest BCUT2D eigenvalue weighted by molar-refractivity contribution is 0.0289. The fourth-order valence-electron chi connectivity index (χ4n) is 5.15. The van der Waals surface area contributed by atoms with Gasteiger partial charge in [-0.15, -0.1) is 0 Å². The normalized spacial score (nSPS) is 25.8. The van der Waals surface area contributed by atoms with E-state index < -0.39 is 11.8 Å². The number of ether oxygens (including phenoxy) is 3. The first kappa shape index (κ1) is 21.6. The van der Waals surface area contributed by atoms with Crippen LogP contribution < -0.4 is 15.8 Å². The van der Waals surface area contributed by atoms with Gasteiger partial charge in [-0.3, -0.25) is 15.2 Å². The number of hydrogen-bond acceptors (Lipinski definition) is 10. The summed E-state index contributed by atoms with van der Waals surface area (Å²) in [7, 11) is 0. The minimum absolute atomic E-state index is 0.397. The zero-order valence-corrected chi connectivity index (χ0v) is 19.1. The van der Waals surface area contributed by atoms with Crippen LogP contribution >= 0.6 is 0 Å². The summed E-state index contributed by atoms with van der Waals surface area (Å²) in [5.74, 6) is 1.02. The smallest absolute Gasteiger partial charge is 0.225 e. The minimum Gasteiger partial charge on any atom is -0.463 e. The number of nitrogens with zero attached hydrogens (tertiary/aromatic N) is 5. The van der Waals surface area contributed by atoms with Gasteiger partial charge in [0.1, 0.15) is 12.2 Å². The van der Waals surface area contributed by atoms with Gasteiger partial charge in [-0.1, -0.05) is 6.07 Å². The Morgan fingerprint density at radius 2 is 2.09 bits per heavy atom. The van der Waals surface area contributed by atoms with Gasteiger partial charge in [0, 0.05) is 50.6 Å². The van der Waals surface area contributed by atoms with Crippen LogP contribution in [-0.2, 0) is 29.0 Å². The summed E-state index contributed by atoms with van der Waals surface area (Å²) in [6, 6.07) is 4.00. The summed E-state index contributed by atoms with van der Waals surface area (Å²) in [5.41, 5.74) is 10.6. The van der Waals surface area contributed by atoms with Gasteiger partial charge in [0.05, 0.1) is 37.7 Å². The van der Waals surface area contributed by atoms with Crippen molar-refractivity contribution in [3.8, 4) is 5.88 Å². The summed E-state index contributed by atoms with van der Waals surface area (Å²) in [6.45, 7) is 5.95. The monoisotopic (exact) mass is 463 g/mol. The third-order valence-corrected chi connectivity index (χ3v) is 7.04. The van der Waals surface area contributed by atoms with Crippen molar-refractivity contribution in [1.82, 2.24) is 20.2 Å². The first-order valence-electron chi connectivity index (χ1n) is 11.8. The molecule has 0 aromatic carbocycles. The van der Waals surface area contributed by atoms with E-state index >= 15 is 0 Å². The molecule has 2 unspecified atom stereocenters. The number of nitrogen functional groups attached to an aromatic ring is 1. The largest absolute Gasteiger partial charge is 0.463 e. The van der Waals surface area contributed by atoms with Crippen molar-refractivity contribution in [1.29, 1.82) is 0 Å². The number of rotatable bonds is 6. The topological polar surface area (TPSA) is 119 Å². The standard InChI is InChI=1S/C24H29N7O3/c25-22-18-14-33-9-3-17(18)19-20-21(34-23(19)30-22)24(29-15-27-20,4-6-31-7-10-32-11-8-31)28-13-16-2-1-5-26-12-16/h1-2,5,12,15,21,28H,3-4,6-11,13-14H2,(H2,25,30). The van der Waals surface area contributed by atoms with Crippen molar-refractivity contribution >= 4 is 17.9 Å². The molecule has 34 heavy (non-hydrogen) atoms. The van der Waals surface area contributed by atoms with Gasteiger partial charge in [0.15, 0.2) is 11.8 Å². The second-order valence-corrected chi connectivity index (χ2v) is 9.04. The van der Waals surface area contributed by atoms with Crippen molar-refractivity contribution in [2.45, 2.75) is 37.8 Å². The third kappa shape index (κ3) is 3.86. The van der Waals surface area contributed by atoms with Gasteiger partial charge in [-0.2, -0.15) is 4.98 Å². The molecular formula is C24H29N7O3. The van der Waals surface area contributed by atoms with E-state index in [0.717, 1.165) is 73.7 Å². The molecule has 3 N–H and O–H groups in total. The zero-order valence-electron chi connectivity index (χ0n) is 19.1. The van der Waals surface area contributed by atoms with Crippen molar-refractivity contribution in [2.75, 3.05) is 45.2 Å². The van der Waals surface area contributed by atoms with E-state index in [2.05, 4.69) is 26.3 Å². The fourth-order valence-corrected chi connectivity index (χ4v) is 5.15. The molecule has 2 aromatic rings. The SMILES string of the molecule is Nc1nc2c(c3c1COCC3)C1=NC=NC(CCN3CCOCC3)(NCc3cccnc3)C1O2. The van der Waals surface area contributed by atoms with Gasteiger partial charge in [0.2, 0.25) is 5.88 Å². The maximum Gasteiger partial charge on any atom is 0.225 e. The fraction of sp³-hybridized carbons (Fsp3) is 0.500. The Balaban J connectivity index is 1.33. The number of aromatic nitrogens is 2. The van der Waals surface area contributed by atoms with Crippen LogP contribution in [0.1, 0.15) is 28.7 Å². The summed E-state index contributed by atoms with van der Waals surface area (Å²) >= 11 is 0. The molecule has 0 spiro atoms. The highest BCUT2D eigenvalue weighted by Gasteiger charge is 2.51. The Labute approximate surface area is 198 Å². The Kier molecular flexibility index (Phi) is 5.74. The maximum absolute atomic E-state index is 6.50. The van der Waals surface area contributed by atoms with E-state index in [0.29, 0.717) is 31.5 Å². The molecule has 0 radical (unpaired) electrons. The van der Waals surface area contributed by atoms with Crippen molar-refractivity contribution in [3.63, 3.8) is 0 Å². The number of aliphatic imine (C=N–C) groups is 2. The molecule has 6 heterocycles. The second-order valence-electron chi connectivity index (χ2n) is 9.04. The summed E-state index contributed by atoms with van der Waals surface area (Å²) in [6.07, 6.45) is 6.44. The highest BCUT2D eigenvalue weighted by molar-refractivity contribution is 6.13. The van der Waals surface area contributed by atoms with Crippen LogP contribution in [-0.4, -0.2) is 78.1 Å². The Bertz CT molecular complexity index is 1120. The Morgan fingerprint density at radius 3 is 2.94 bits per heavy atom. The first-order chi connectivity index (χ1) is 16.7. The molecule has 2 aromatic heterocycles. The van der Waals surface area contributed by atoms with Crippen molar-refractivity contribution < 1.29 is 14.2 Å². The van der Waals surface area contributed by atoms with Crippen LogP contribution in [0.25, 0.3) is 0 Å². The molecule has 0 amide bonds. The lowest BCUT2D eigenvalue weighted by Gasteiger charge is -2.39. The summed E-state index contributed by atoms with van der Waals surface area (Å²) < 4.78 is 17.7. The average Bonchev–Trinajstić information content (AvgIpc) is 3.27. The van der Waals surface area contributed by atoms with Gasteiger partial charge >= 0.3 is 0 Å².